The third kappa shape index (κ3) is 6.54. The summed E-state index contributed by atoms with van der Waals surface area (Å²) < 4.78 is 5.18. The fraction of sp³-hybridized carbons (Fsp3) is 0.192. The van der Waals surface area contributed by atoms with E-state index in [2.05, 4.69) is 10.6 Å². The number of hydrogen-bond acceptors (Lipinski definition) is 4. The van der Waals surface area contributed by atoms with Crippen LogP contribution in [0.4, 0.5) is 5.69 Å². The van der Waals surface area contributed by atoms with Gasteiger partial charge >= 0.3 is 5.97 Å². The lowest BCUT2D eigenvalue weighted by Gasteiger charge is -2.19. The predicted octanol–water partition coefficient (Wildman–Crippen LogP) is 4.35. The summed E-state index contributed by atoms with van der Waals surface area (Å²) in [6.45, 7) is 3.42. The molecule has 0 saturated heterocycles. The lowest BCUT2D eigenvalue weighted by atomic mass is 10.0. The van der Waals surface area contributed by atoms with Crippen LogP contribution in [0, 0.1) is 13.8 Å². The fourth-order valence-corrected chi connectivity index (χ4v) is 3.20. The maximum absolute atomic E-state index is 12.6. The molecular formula is C26H26N2O4. The summed E-state index contributed by atoms with van der Waals surface area (Å²) in [6, 6.07) is 23.1. The molecule has 0 saturated carbocycles. The van der Waals surface area contributed by atoms with Gasteiger partial charge in [0.1, 0.15) is 0 Å². The van der Waals surface area contributed by atoms with Crippen LogP contribution in [0.5, 0.6) is 0 Å². The Labute approximate surface area is 187 Å². The Bertz CT molecular complexity index is 1080. The topological polar surface area (TPSA) is 84.5 Å². The molecule has 0 bridgehead atoms. The minimum atomic E-state index is -0.585. The summed E-state index contributed by atoms with van der Waals surface area (Å²) in [5.74, 6) is -1.29. The van der Waals surface area contributed by atoms with Crippen LogP contribution in [-0.4, -0.2) is 24.4 Å². The van der Waals surface area contributed by atoms with Crippen molar-refractivity contribution in [3.05, 3.63) is 101 Å². The van der Waals surface area contributed by atoms with Gasteiger partial charge in [0.15, 0.2) is 6.61 Å². The Balaban J connectivity index is 1.60. The largest absolute Gasteiger partial charge is 0.455 e. The van der Waals surface area contributed by atoms with E-state index in [0.29, 0.717) is 11.3 Å². The Morgan fingerprint density at radius 1 is 0.875 bits per heavy atom. The molecule has 1 atom stereocenters. The normalized spacial score (nSPS) is 11.3. The molecule has 1 unspecified atom stereocenters. The van der Waals surface area contributed by atoms with Gasteiger partial charge in [-0.25, -0.2) is 0 Å². The van der Waals surface area contributed by atoms with E-state index in [9.17, 15) is 14.4 Å². The summed E-state index contributed by atoms with van der Waals surface area (Å²) in [5.41, 5.74) is 3.89. The van der Waals surface area contributed by atoms with E-state index in [1.165, 1.54) is 0 Å². The summed E-state index contributed by atoms with van der Waals surface area (Å²) >= 11 is 0. The van der Waals surface area contributed by atoms with Crippen molar-refractivity contribution in [3.63, 3.8) is 0 Å². The minimum Gasteiger partial charge on any atom is -0.455 e. The third-order valence-corrected chi connectivity index (χ3v) is 4.95. The molecule has 0 heterocycles. The zero-order valence-corrected chi connectivity index (χ0v) is 18.1. The number of benzene rings is 3. The van der Waals surface area contributed by atoms with Gasteiger partial charge in [0.25, 0.3) is 11.8 Å². The molecule has 2 N–H and O–H groups in total. The van der Waals surface area contributed by atoms with E-state index >= 15 is 0 Å². The number of anilines is 1. The number of carbonyl (C=O) groups excluding carboxylic acids is 3. The highest BCUT2D eigenvalue weighted by Gasteiger charge is 2.20. The summed E-state index contributed by atoms with van der Waals surface area (Å²) in [6.07, 6.45) is -0.0979. The second-order valence-electron chi connectivity index (χ2n) is 7.53. The van der Waals surface area contributed by atoms with Crippen LogP contribution in [-0.2, 0) is 14.3 Å². The van der Waals surface area contributed by atoms with E-state index in [0.717, 1.165) is 16.7 Å². The number of nitrogens with one attached hydrogen (secondary N) is 2. The van der Waals surface area contributed by atoms with Crippen LogP contribution in [0.25, 0.3) is 0 Å². The quantitative estimate of drug-likeness (QED) is 0.521. The molecule has 0 aliphatic carbocycles. The van der Waals surface area contributed by atoms with Crippen LogP contribution in [0.1, 0.15) is 39.5 Å². The number of rotatable bonds is 8. The fourth-order valence-electron chi connectivity index (χ4n) is 3.20. The van der Waals surface area contributed by atoms with Crippen molar-refractivity contribution in [2.75, 3.05) is 11.9 Å². The highest BCUT2D eigenvalue weighted by Crippen LogP contribution is 2.19. The molecule has 6 heteroatoms. The zero-order chi connectivity index (χ0) is 22.9. The highest BCUT2D eigenvalue weighted by atomic mass is 16.5. The molecule has 0 aliphatic heterocycles. The van der Waals surface area contributed by atoms with E-state index in [1.54, 1.807) is 24.3 Å². The van der Waals surface area contributed by atoms with E-state index < -0.39 is 24.5 Å². The van der Waals surface area contributed by atoms with Crippen molar-refractivity contribution in [1.82, 2.24) is 5.32 Å². The van der Waals surface area contributed by atoms with Crippen molar-refractivity contribution in [3.8, 4) is 0 Å². The molecule has 164 valence electrons. The second kappa shape index (κ2) is 10.9. The zero-order valence-electron chi connectivity index (χ0n) is 18.1. The molecule has 0 spiro atoms. The molecule has 0 aromatic heterocycles. The number of aryl methyl sites for hydroxylation is 2. The molecular weight excluding hydrogens is 404 g/mol. The highest BCUT2D eigenvalue weighted by molar-refractivity contribution is 5.95. The monoisotopic (exact) mass is 430 g/mol. The minimum absolute atomic E-state index is 0.0979. The first kappa shape index (κ1) is 22.7. The van der Waals surface area contributed by atoms with Gasteiger partial charge in [0.2, 0.25) is 0 Å². The number of hydrogen-bond donors (Lipinski definition) is 2. The van der Waals surface area contributed by atoms with E-state index in [1.807, 2.05) is 68.4 Å². The van der Waals surface area contributed by atoms with Crippen molar-refractivity contribution in [2.24, 2.45) is 0 Å². The van der Waals surface area contributed by atoms with Gasteiger partial charge in [-0.2, -0.15) is 0 Å². The van der Waals surface area contributed by atoms with Gasteiger partial charge in [0, 0.05) is 11.3 Å². The lowest BCUT2D eigenvalue weighted by molar-refractivity contribution is -0.147. The van der Waals surface area contributed by atoms with Crippen molar-refractivity contribution >= 4 is 23.5 Å². The van der Waals surface area contributed by atoms with Crippen LogP contribution in [0.2, 0.25) is 0 Å². The lowest BCUT2D eigenvalue weighted by Crippen LogP contribution is -2.31. The summed E-state index contributed by atoms with van der Waals surface area (Å²) in [4.78, 5) is 37.3. The molecule has 0 aliphatic rings. The van der Waals surface area contributed by atoms with Gasteiger partial charge < -0.3 is 15.4 Å². The van der Waals surface area contributed by atoms with Gasteiger partial charge in [0.05, 0.1) is 12.5 Å². The summed E-state index contributed by atoms with van der Waals surface area (Å²) in [5, 5.41) is 5.64. The Morgan fingerprint density at radius 2 is 1.53 bits per heavy atom. The van der Waals surface area contributed by atoms with Gasteiger partial charge in [-0.3, -0.25) is 14.4 Å². The van der Waals surface area contributed by atoms with Crippen molar-refractivity contribution < 1.29 is 19.1 Å². The Kier molecular flexibility index (Phi) is 7.75. The van der Waals surface area contributed by atoms with Crippen molar-refractivity contribution in [2.45, 2.75) is 26.3 Å². The van der Waals surface area contributed by atoms with E-state index in [4.69, 9.17) is 4.74 Å². The standard InChI is InChI=1S/C26H26N2O4/c1-18-13-14-19(2)22(15-18)27-24(29)17-32-25(30)16-23(20-9-5-3-6-10-20)28-26(31)21-11-7-4-8-12-21/h3-15,23H,16-17H2,1-2H3,(H,27,29)(H,28,31). The number of carbonyl (C=O) groups is 3. The van der Waals surface area contributed by atoms with E-state index in [-0.39, 0.29) is 12.3 Å². The van der Waals surface area contributed by atoms with Crippen LogP contribution in [0.15, 0.2) is 78.9 Å². The first-order valence-corrected chi connectivity index (χ1v) is 10.4. The van der Waals surface area contributed by atoms with Gasteiger partial charge in [-0.15, -0.1) is 0 Å². The average molecular weight is 431 g/mol. The van der Waals surface area contributed by atoms with Crippen molar-refractivity contribution in [1.29, 1.82) is 0 Å². The third-order valence-electron chi connectivity index (χ3n) is 4.95. The molecule has 0 fully saturated rings. The number of ether oxygens (including phenoxy) is 1. The molecule has 0 radical (unpaired) electrons. The Morgan fingerprint density at radius 3 is 2.22 bits per heavy atom. The van der Waals surface area contributed by atoms with Gasteiger partial charge in [-0.05, 0) is 48.7 Å². The SMILES string of the molecule is Cc1ccc(C)c(NC(=O)COC(=O)CC(NC(=O)c2ccccc2)c2ccccc2)c1. The molecule has 3 aromatic carbocycles. The van der Waals surface area contributed by atoms with Gasteiger partial charge in [-0.1, -0.05) is 60.7 Å². The average Bonchev–Trinajstić information content (AvgIpc) is 2.81. The Hall–Kier alpha value is -3.93. The van der Waals surface area contributed by atoms with Crippen LogP contribution in [0.3, 0.4) is 0 Å². The smallest absolute Gasteiger partial charge is 0.308 e. The molecule has 3 aromatic rings. The maximum atomic E-state index is 12.6. The predicted molar refractivity (Wildman–Crippen MR) is 123 cm³/mol. The maximum Gasteiger partial charge on any atom is 0.308 e. The molecule has 32 heavy (non-hydrogen) atoms. The first-order valence-electron chi connectivity index (χ1n) is 10.4. The van der Waals surface area contributed by atoms with Crippen LogP contribution >= 0.6 is 0 Å². The van der Waals surface area contributed by atoms with Crippen LogP contribution < -0.4 is 10.6 Å². The first-order chi connectivity index (χ1) is 15.4. The molecule has 2 amide bonds. The number of amides is 2. The molecule has 3 rings (SSSR count). The number of esters is 1. The molecule has 6 nitrogen and oxygen atoms in total. The summed E-state index contributed by atoms with van der Waals surface area (Å²) in [7, 11) is 0. The second-order valence-corrected chi connectivity index (χ2v) is 7.53.